The van der Waals surface area contributed by atoms with Crippen LogP contribution < -0.4 is 4.90 Å². The minimum Gasteiger partial charge on any atom is -0.370 e. The number of ketones is 1. The van der Waals surface area contributed by atoms with Gasteiger partial charge in [0.1, 0.15) is 0 Å². The average molecular weight is 272 g/mol. The lowest BCUT2D eigenvalue weighted by molar-refractivity contribution is 0.0988. The topological polar surface area (TPSA) is 23.6 Å². The molecule has 2 heterocycles. The third kappa shape index (κ3) is 2.47. The van der Waals surface area contributed by atoms with Crippen LogP contribution in [0.15, 0.2) is 24.3 Å². The van der Waals surface area contributed by atoms with Crippen molar-refractivity contribution in [1.29, 1.82) is 0 Å². The second kappa shape index (κ2) is 5.57. The summed E-state index contributed by atoms with van der Waals surface area (Å²) in [6, 6.07) is 9.65. The number of Topliss-reactive ketones (excluding diaryl/α,β-unsaturated/α-hetero) is 1. The van der Waals surface area contributed by atoms with Gasteiger partial charge in [0.15, 0.2) is 5.78 Å². The van der Waals surface area contributed by atoms with Gasteiger partial charge in [-0.15, -0.1) is 0 Å². The van der Waals surface area contributed by atoms with E-state index in [1.807, 2.05) is 19.1 Å². The molecule has 2 saturated heterocycles. The zero-order valence-electron chi connectivity index (χ0n) is 12.5. The van der Waals surface area contributed by atoms with Gasteiger partial charge in [-0.05, 0) is 50.6 Å². The van der Waals surface area contributed by atoms with Crippen molar-refractivity contribution >= 4 is 11.5 Å². The second-order valence-corrected chi connectivity index (χ2v) is 6.11. The predicted molar refractivity (Wildman–Crippen MR) is 82.5 cm³/mol. The van der Waals surface area contributed by atoms with Crippen LogP contribution >= 0.6 is 0 Å². The Bertz CT molecular complexity index is 482. The molecule has 0 N–H and O–H groups in total. The van der Waals surface area contributed by atoms with Crippen LogP contribution in [0, 0.1) is 0 Å². The molecule has 0 spiro atoms. The number of hydrogen-bond donors (Lipinski definition) is 0. The first-order valence-corrected chi connectivity index (χ1v) is 7.79. The second-order valence-electron chi connectivity index (χ2n) is 6.11. The highest BCUT2D eigenvalue weighted by Gasteiger charge is 2.34. The van der Waals surface area contributed by atoms with E-state index >= 15 is 0 Å². The van der Waals surface area contributed by atoms with Crippen LogP contribution in [0.1, 0.15) is 43.0 Å². The van der Waals surface area contributed by atoms with Crippen molar-refractivity contribution in [1.82, 2.24) is 4.90 Å². The summed E-state index contributed by atoms with van der Waals surface area (Å²) in [5.74, 6) is 0.228. The Kier molecular flexibility index (Phi) is 3.79. The van der Waals surface area contributed by atoms with Crippen LogP contribution in [0.2, 0.25) is 0 Å². The number of rotatable bonds is 3. The van der Waals surface area contributed by atoms with E-state index < -0.39 is 0 Å². The van der Waals surface area contributed by atoms with E-state index in [2.05, 4.69) is 29.0 Å². The van der Waals surface area contributed by atoms with E-state index in [0.29, 0.717) is 12.5 Å². The third-order valence-electron chi connectivity index (χ3n) is 5.02. The summed E-state index contributed by atoms with van der Waals surface area (Å²) in [7, 11) is 2.27. The molecule has 108 valence electrons. The number of anilines is 1. The van der Waals surface area contributed by atoms with Gasteiger partial charge in [0.2, 0.25) is 0 Å². The van der Waals surface area contributed by atoms with Gasteiger partial charge in [-0.2, -0.15) is 0 Å². The lowest BCUT2D eigenvalue weighted by Gasteiger charge is -2.27. The minimum atomic E-state index is 0.228. The van der Waals surface area contributed by atoms with Crippen LogP contribution in [-0.4, -0.2) is 42.9 Å². The maximum absolute atomic E-state index is 11.7. The van der Waals surface area contributed by atoms with E-state index in [9.17, 15) is 4.79 Å². The molecule has 0 aliphatic carbocycles. The zero-order chi connectivity index (χ0) is 14.1. The molecule has 2 atom stereocenters. The molecule has 3 nitrogen and oxygen atoms in total. The number of carbonyl (C=O) groups is 1. The molecule has 3 rings (SSSR count). The van der Waals surface area contributed by atoms with Crippen LogP contribution in [0.5, 0.6) is 0 Å². The Hall–Kier alpha value is -1.35. The standard InChI is InChI=1S/C17H24N2O/c1-3-17(20)13-4-6-15(7-5-13)19-11-10-14-8-9-16(12-19)18(14)2/h4-7,14,16H,3,8-12H2,1-2H3. The molecule has 0 aromatic heterocycles. The van der Waals surface area contributed by atoms with E-state index in [-0.39, 0.29) is 5.78 Å². The van der Waals surface area contributed by atoms with Crippen molar-refractivity contribution < 1.29 is 4.79 Å². The van der Waals surface area contributed by atoms with E-state index in [0.717, 1.165) is 24.7 Å². The van der Waals surface area contributed by atoms with Crippen molar-refractivity contribution in [3.8, 4) is 0 Å². The molecular formula is C17H24N2O. The Balaban J connectivity index is 1.74. The highest BCUT2D eigenvalue weighted by Crippen LogP contribution is 2.30. The summed E-state index contributed by atoms with van der Waals surface area (Å²) < 4.78 is 0. The molecule has 1 aromatic carbocycles. The van der Waals surface area contributed by atoms with Crippen LogP contribution in [-0.2, 0) is 0 Å². The third-order valence-corrected chi connectivity index (χ3v) is 5.02. The smallest absolute Gasteiger partial charge is 0.162 e. The van der Waals surface area contributed by atoms with Gasteiger partial charge in [0.05, 0.1) is 0 Å². The van der Waals surface area contributed by atoms with Gasteiger partial charge >= 0.3 is 0 Å². The molecule has 0 amide bonds. The summed E-state index contributed by atoms with van der Waals surface area (Å²) in [6.45, 7) is 4.16. The highest BCUT2D eigenvalue weighted by atomic mass is 16.1. The number of carbonyl (C=O) groups excluding carboxylic acids is 1. The number of hydrogen-bond acceptors (Lipinski definition) is 3. The van der Waals surface area contributed by atoms with Gasteiger partial charge in [0.25, 0.3) is 0 Å². The Morgan fingerprint density at radius 3 is 2.55 bits per heavy atom. The van der Waals surface area contributed by atoms with Crippen molar-refractivity contribution in [2.45, 2.75) is 44.7 Å². The molecule has 0 saturated carbocycles. The molecular weight excluding hydrogens is 248 g/mol. The van der Waals surface area contributed by atoms with Gasteiger partial charge < -0.3 is 4.90 Å². The van der Waals surface area contributed by atoms with E-state index in [1.165, 1.54) is 24.9 Å². The maximum atomic E-state index is 11.7. The van der Waals surface area contributed by atoms with Gasteiger partial charge in [-0.3, -0.25) is 9.69 Å². The van der Waals surface area contributed by atoms with Crippen molar-refractivity contribution in [2.24, 2.45) is 0 Å². The SMILES string of the molecule is CCC(=O)c1ccc(N2CCC3CCC(C2)N3C)cc1. The molecule has 1 aromatic rings. The molecule has 2 aliphatic heterocycles. The summed E-state index contributed by atoms with van der Waals surface area (Å²) >= 11 is 0. The van der Waals surface area contributed by atoms with Gasteiger partial charge in [-0.25, -0.2) is 0 Å². The molecule has 2 unspecified atom stereocenters. The molecule has 2 bridgehead atoms. The number of benzene rings is 1. The van der Waals surface area contributed by atoms with Crippen molar-refractivity contribution in [3.63, 3.8) is 0 Å². The molecule has 2 fully saturated rings. The first kappa shape index (κ1) is 13.6. The normalized spacial score (nSPS) is 26.6. The first-order valence-electron chi connectivity index (χ1n) is 7.79. The van der Waals surface area contributed by atoms with Crippen molar-refractivity contribution in [3.05, 3.63) is 29.8 Å². The Labute approximate surface area is 121 Å². The predicted octanol–water partition coefficient (Wildman–Crippen LogP) is 2.95. The average Bonchev–Trinajstić information content (AvgIpc) is 2.72. The quantitative estimate of drug-likeness (QED) is 0.790. The Morgan fingerprint density at radius 2 is 1.85 bits per heavy atom. The summed E-state index contributed by atoms with van der Waals surface area (Å²) in [5.41, 5.74) is 2.10. The molecule has 0 radical (unpaired) electrons. The van der Waals surface area contributed by atoms with Gasteiger partial charge in [-0.1, -0.05) is 6.92 Å². The fourth-order valence-corrected chi connectivity index (χ4v) is 3.61. The number of nitrogens with zero attached hydrogens (tertiary/aromatic N) is 2. The first-order chi connectivity index (χ1) is 9.69. The lowest BCUT2D eigenvalue weighted by Crippen LogP contribution is -2.36. The lowest BCUT2D eigenvalue weighted by atomic mass is 10.1. The Morgan fingerprint density at radius 1 is 1.15 bits per heavy atom. The minimum absolute atomic E-state index is 0.228. The van der Waals surface area contributed by atoms with Crippen molar-refractivity contribution in [2.75, 3.05) is 25.0 Å². The summed E-state index contributed by atoms with van der Waals surface area (Å²) in [5, 5.41) is 0. The summed E-state index contributed by atoms with van der Waals surface area (Å²) in [4.78, 5) is 16.7. The van der Waals surface area contributed by atoms with Crippen LogP contribution in [0.4, 0.5) is 5.69 Å². The number of likely N-dealkylation sites (N-methyl/N-ethyl adjacent to an activating group) is 1. The molecule has 2 aliphatic rings. The van der Waals surface area contributed by atoms with E-state index in [4.69, 9.17) is 0 Å². The number of fused-ring (bicyclic) bond motifs is 2. The fraction of sp³-hybridized carbons (Fsp3) is 0.588. The van der Waals surface area contributed by atoms with E-state index in [1.54, 1.807) is 0 Å². The summed E-state index contributed by atoms with van der Waals surface area (Å²) in [6.07, 6.45) is 4.52. The largest absolute Gasteiger partial charge is 0.370 e. The highest BCUT2D eigenvalue weighted by molar-refractivity contribution is 5.96. The van der Waals surface area contributed by atoms with Gasteiger partial charge in [0, 0.05) is 42.8 Å². The maximum Gasteiger partial charge on any atom is 0.162 e. The molecule has 3 heteroatoms. The zero-order valence-corrected chi connectivity index (χ0v) is 12.5. The monoisotopic (exact) mass is 272 g/mol. The van der Waals surface area contributed by atoms with Crippen LogP contribution in [0.25, 0.3) is 0 Å². The van der Waals surface area contributed by atoms with Crippen LogP contribution in [0.3, 0.4) is 0 Å². The molecule has 20 heavy (non-hydrogen) atoms. The fourth-order valence-electron chi connectivity index (χ4n) is 3.61.